The van der Waals surface area contributed by atoms with E-state index in [1.165, 1.54) is 6.26 Å². The van der Waals surface area contributed by atoms with Gasteiger partial charge in [0.1, 0.15) is 5.00 Å². The molecular weight excluding hydrogens is 362 g/mol. The van der Waals surface area contributed by atoms with Gasteiger partial charge in [-0.2, -0.15) is 0 Å². The van der Waals surface area contributed by atoms with Crippen molar-refractivity contribution >= 4 is 22.2 Å². The van der Waals surface area contributed by atoms with E-state index in [4.69, 9.17) is 9.15 Å². The Kier molecular flexibility index (Phi) is 5.33. The number of nitrogens with zero attached hydrogens (tertiary/aromatic N) is 2. The number of hydrogen-bond donors (Lipinski definition) is 1. The van der Waals surface area contributed by atoms with Crippen molar-refractivity contribution in [1.82, 2.24) is 9.88 Å². The number of carbonyl (C=O) groups excluding carboxylic acids is 1. The van der Waals surface area contributed by atoms with Crippen LogP contribution in [-0.4, -0.2) is 42.1 Å². The highest BCUT2D eigenvalue weighted by Gasteiger charge is 2.28. The lowest BCUT2D eigenvalue weighted by atomic mass is 9.99. The molecule has 0 radical (unpaired) electrons. The monoisotopic (exact) mass is 383 g/mol. The largest absolute Gasteiger partial charge is 0.459 e. The number of furan rings is 1. The fourth-order valence-corrected chi connectivity index (χ4v) is 4.32. The van der Waals surface area contributed by atoms with Crippen molar-refractivity contribution in [2.75, 3.05) is 31.6 Å². The minimum absolute atomic E-state index is 0.0359. The summed E-state index contributed by atoms with van der Waals surface area (Å²) in [5.74, 6) is 0.0670. The Morgan fingerprint density at radius 2 is 2.04 bits per heavy atom. The van der Waals surface area contributed by atoms with Crippen molar-refractivity contribution in [3.05, 3.63) is 70.8 Å². The van der Waals surface area contributed by atoms with Crippen molar-refractivity contribution in [3.63, 3.8) is 0 Å². The Hall–Kier alpha value is -2.48. The van der Waals surface area contributed by atoms with Gasteiger partial charge in [-0.15, -0.1) is 11.3 Å². The number of aromatic nitrogens is 1. The predicted molar refractivity (Wildman–Crippen MR) is 104 cm³/mol. The van der Waals surface area contributed by atoms with Gasteiger partial charge in [0.05, 0.1) is 25.5 Å². The second-order valence-electron chi connectivity index (χ2n) is 6.40. The van der Waals surface area contributed by atoms with Gasteiger partial charge in [0.2, 0.25) is 0 Å². The van der Waals surface area contributed by atoms with Gasteiger partial charge >= 0.3 is 0 Å². The number of nitrogens with one attached hydrogen (secondary N) is 1. The molecule has 1 fully saturated rings. The topological polar surface area (TPSA) is 67.6 Å². The standard InChI is InChI=1S/C20H21N3O3S/c1-14-13-16(20(27-14)22-19(24)17-3-2-10-26-17)18(15-4-6-21-7-5-15)23-8-11-25-12-9-23/h2-7,10,13,18H,8-9,11-12H2,1H3,(H,22,24). The number of amides is 1. The maximum atomic E-state index is 12.5. The number of pyridine rings is 1. The molecule has 6 nitrogen and oxygen atoms in total. The van der Waals surface area contributed by atoms with Gasteiger partial charge in [0, 0.05) is 35.9 Å². The Balaban J connectivity index is 1.70. The van der Waals surface area contributed by atoms with E-state index in [1.807, 2.05) is 24.5 Å². The number of carbonyl (C=O) groups is 1. The van der Waals surface area contributed by atoms with Crippen LogP contribution in [-0.2, 0) is 4.74 Å². The number of hydrogen-bond acceptors (Lipinski definition) is 6. The van der Waals surface area contributed by atoms with Crippen LogP contribution >= 0.6 is 11.3 Å². The van der Waals surface area contributed by atoms with Crippen LogP contribution in [0.15, 0.2) is 53.4 Å². The highest BCUT2D eigenvalue weighted by molar-refractivity contribution is 7.16. The van der Waals surface area contributed by atoms with Crippen molar-refractivity contribution in [1.29, 1.82) is 0 Å². The molecule has 1 atom stereocenters. The Bertz CT molecular complexity index is 887. The van der Waals surface area contributed by atoms with E-state index in [2.05, 4.69) is 28.2 Å². The van der Waals surface area contributed by atoms with E-state index < -0.39 is 0 Å². The minimum Gasteiger partial charge on any atom is -0.459 e. The van der Waals surface area contributed by atoms with E-state index in [1.54, 1.807) is 23.5 Å². The maximum Gasteiger partial charge on any atom is 0.291 e. The smallest absolute Gasteiger partial charge is 0.291 e. The van der Waals surface area contributed by atoms with Crippen LogP contribution < -0.4 is 5.32 Å². The van der Waals surface area contributed by atoms with Crippen LogP contribution in [0.3, 0.4) is 0 Å². The van der Waals surface area contributed by atoms with E-state index in [9.17, 15) is 4.79 Å². The third-order valence-corrected chi connectivity index (χ3v) is 5.57. The Morgan fingerprint density at radius 3 is 2.74 bits per heavy atom. The lowest BCUT2D eigenvalue weighted by molar-refractivity contribution is 0.0241. The summed E-state index contributed by atoms with van der Waals surface area (Å²) < 4.78 is 10.8. The van der Waals surface area contributed by atoms with E-state index in [-0.39, 0.29) is 11.9 Å². The van der Waals surface area contributed by atoms with Crippen molar-refractivity contribution in [3.8, 4) is 0 Å². The molecule has 0 saturated carbocycles. The van der Waals surface area contributed by atoms with Crippen LogP contribution in [0.2, 0.25) is 0 Å². The number of ether oxygens (including phenoxy) is 1. The Morgan fingerprint density at radius 1 is 1.26 bits per heavy atom. The van der Waals surface area contributed by atoms with E-state index in [0.717, 1.165) is 34.1 Å². The van der Waals surface area contributed by atoms with Gasteiger partial charge in [0.15, 0.2) is 5.76 Å². The van der Waals surface area contributed by atoms with Gasteiger partial charge in [-0.1, -0.05) is 0 Å². The molecule has 4 rings (SSSR count). The first kappa shape index (κ1) is 17.9. The van der Waals surface area contributed by atoms with Crippen LogP contribution in [0.4, 0.5) is 5.00 Å². The summed E-state index contributed by atoms with van der Waals surface area (Å²) >= 11 is 1.58. The first-order valence-corrected chi connectivity index (χ1v) is 9.71. The lowest BCUT2D eigenvalue weighted by Crippen LogP contribution is -2.39. The summed E-state index contributed by atoms with van der Waals surface area (Å²) in [4.78, 5) is 20.2. The molecule has 0 aliphatic carbocycles. The highest BCUT2D eigenvalue weighted by atomic mass is 32.1. The second kappa shape index (κ2) is 8.04. The maximum absolute atomic E-state index is 12.5. The zero-order chi connectivity index (χ0) is 18.6. The first-order chi connectivity index (χ1) is 13.2. The van der Waals surface area contributed by atoms with Crippen molar-refractivity contribution < 1.29 is 13.9 Å². The molecule has 1 aliphatic heterocycles. The summed E-state index contributed by atoms with van der Waals surface area (Å²) in [5, 5.41) is 3.88. The molecule has 1 saturated heterocycles. The third kappa shape index (κ3) is 3.95. The second-order valence-corrected chi connectivity index (χ2v) is 7.66. The molecule has 140 valence electrons. The van der Waals surface area contributed by atoms with Gasteiger partial charge < -0.3 is 14.5 Å². The zero-order valence-corrected chi connectivity index (χ0v) is 15.9. The molecule has 1 N–H and O–H groups in total. The normalized spacial score (nSPS) is 16.2. The summed E-state index contributed by atoms with van der Waals surface area (Å²) in [6.07, 6.45) is 5.12. The summed E-state index contributed by atoms with van der Waals surface area (Å²) in [6, 6.07) is 9.63. The van der Waals surface area contributed by atoms with E-state index >= 15 is 0 Å². The molecule has 1 unspecified atom stereocenters. The van der Waals surface area contributed by atoms with Crippen LogP contribution in [0, 0.1) is 6.92 Å². The SMILES string of the molecule is Cc1cc(C(c2ccncc2)N2CCOCC2)c(NC(=O)c2ccco2)s1. The molecule has 1 aliphatic rings. The number of morpholine rings is 1. The summed E-state index contributed by atoms with van der Waals surface area (Å²) in [7, 11) is 0. The molecule has 7 heteroatoms. The molecule has 0 aromatic carbocycles. The predicted octanol–water partition coefficient (Wildman–Crippen LogP) is 3.72. The number of anilines is 1. The third-order valence-electron chi connectivity index (χ3n) is 4.58. The zero-order valence-electron chi connectivity index (χ0n) is 15.1. The fourth-order valence-electron chi connectivity index (χ4n) is 3.38. The molecule has 3 aromatic heterocycles. The molecular formula is C20H21N3O3S. The molecule has 27 heavy (non-hydrogen) atoms. The van der Waals surface area contributed by atoms with Gasteiger partial charge in [-0.3, -0.25) is 14.7 Å². The highest BCUT2D eigenvalue weighted by Crippen LogP contribution is 2.39. The van der Waals surface area contributed by atoms with Crippen LogP contribution in [0.5, 0.6) is 0 Å². The molecule has 0 bridgehead atoms. The fraction of sp³-hybridized carbons (Fsp3) is 0.300. The van der Waals surface area contributed by atoms with E-state index in [0.29, 0.717) is 19.0 Å². The lowest BCUT2D eigenvalue weighted by Gasteiger charge is -2.35. The van der Waals surface area contributed by atoms with Gasteiger partial charge in [0.25, 0.3) is 5.91 Å². The molecule has 3 aromatic rings. The van der Waals surface area contributed by atoms with Gasteiger partial charge in [-0.05, 0) is 42.8 Å². The average molecular weight is 383 g/mol. The average Bonchev–Trinajstić information content (AvgIpc) is 3.34. The van der Waals surface area contributed by atoms with Crippen LogP contribution in [0.1, 0.15) is 32.6 Å². The Labute approximate surface area is 161 Å². The number of rotatable bonds is 5. The molecule has 4 heterocycles. The summed E-state index contributed by atoms with van der Waals surface area (Å²) in [6.45, 7) is 5.15. The van der Waals surface area contributed by atoms with Crippen LogP contribution in [0.25, 0.3) is 0 Å². The molecule has 1 amide bonds. The first-order valence-electron chi connectivity index (χ1n) is 8.89. The number of thiophene rings is 1. The van der Waals surface area contributed by atoms with Crippen molar-refractivity contribution in [2.45, 2.75) is 13.0 Å². The summed E-state index contributed by atoms with van der Waals surface area (Å²) in [5.41, 5.74) is 2.24. The quantitative estimate of drug-likeness (QED) is 0.727. The van der Waals surface area contributed by atoms with Crippen molar-refractivity contribution in [2.24, 2.45) is 0 Å². The minimum atomic E-state index is -0.237. The molecule has 0 spiro atoms. The number of aryl methyl sites for hydroxylation is 1. The van der Waals surface area contributed by atoms with Gasteiger partial charge in [-0.25, -0.2) is 0 Å².